The van der Waals surface area contributed by atoms with Crippen LogP contribution in [-0.2, 0) is 27.4 Å². The number of aromatic hydroxyl groups is 1. The SMILES string of the molecule is COCc1cc(C(C)C)c2c(c1O)C(=O)C1=C(O)[C@@]3(O)C(=O)C(C(C)=O)=C(O)C(C(C)C)[C@@]3(C)C[C@@]1(C)C2. The van der Waals surface area contributed by atoms with Crippen LogP contribution in [0.2, 0.25) is 0 Å². The lowest BCUT2D eigenvalue weighted by Crippen LogP contribution is -2.67. The zero-order valence-corrected chi connectivity index (χ0v) is 23.4. The zero-order chi connectivity index (χ0) is 28.7. The highest BCUT2D eigenvalue weighted by atomic mass is 16.5. The van der Waals surface area contributed by atoms with E-state index in [-0.39, 0.29) is 48.2 Å². The molecule has 1 aromatic rings. The number of rotatable bonds is 5. The van der Waals surface area contributed by atoms with Gasteiger partial charge in [0.1, 0.15) is 22.8 Å². The van der Waals surface area contributed by atoms with Crippen LogP contribution in [0, 0.1) is 22.7 Å². The van der Waals surface area contributed by atoms with E-state index in [1.165, 1.54) is 7.11 Å². The maximum Gasteiger partial charge on any atom is 0.209 e. The fourth-order valence-electron chi connectivity index (χ4n) is 7.67. The number of Topliss-reactive ketones (excluding diaryl/α,β-unsaturated/α-hetero) is 3. The van der Waals surface area contributed by atoms with Crippen LogP contribution < -0.4 is 0 Å². The van der Waals surface area contributed by atoms with E-state index < -0.39 is 56.8 Å². The Kier molecular flexibility index (Phi) is 6.48. The Labute approximate surface area is 223 Å². The van der Waals surface area contributed by atoms with Crippen molar-refractivity contribution in [2.24, 2.45) is 22.7 Å². The van der Waals surface area contributed by atoms with Crippen molar-refractivity contribution in [3.05, 3.63) is 51.0 Å². The van der Waals surface area contributed by atoms with Gasteiger partial charge in [0, 0.05) is 35.0 Å². The van der Waals surface area contributed by atoms with Crippen molar-refractivity contribution in [2.75, 3.05) is 7.11 Å². The number of aliphatic hydroxyl groups is 3. The number of phenols is 1. The van der Waals surface area contributed by atoms with E-state index in [1.54, 1.807) is 13.8 Å². The Morgan fingerprint density at radius 2 is 1.74 bits per heavy atom. The molecule has 8 heteroatoms. The van der Waals surface area contributed by atoms with E-state index in [4.69, 9.17) is 4.74 Å². The van der Waals surface area contributed by atoms with E-state index in [9.17, 15) is 34.8 Å². The van der Waals surface area contributed by atoms with Crippen LogP contribution in [-0.4, -0.2) is 50.5 Å². The second kappa shape index (κ2) is 8.78. The lowest BCUT2D eigenvalue weighted by atomic mass is 9.44. The molecule has 0 aliphatic heterocycles. The largest absolute Gasteiger partial charge is 0.511 e. The van der Waals surface area contributed by atoms with Crippen LogP contribution in [0.5, 0.6) is 5.75 Å². The molecular weight excluding hydrogens is 488 g/mol. The third kappa shape index (κ3) is 3.39. The van der Waals surface area contributed by atoms with Gasteiger partial charge in [0.2, 0.25) is 5.78 Å². The summed E-state index contributed by atoms with van der Waals surface area (Å²) in [6, 6.07) is 1.84. The molecule has 0 fully saturated rings. The van der Waals surface area contributed by atoms with Crippen LogP contribution in [0.25, 0.3) is 0 Å². The molecule has 206 valence electrons. The summed E-state index contributed by atoms with van der Waals surface area (Å²) in [4.78, 5) is 40.4. The monoisotopic (exact) mass is 526 g/mol. The van der Waals surface area contributed by atoms with Crippen LogP contribution in [0.3, 0.4) is 0 Å². The number of aliphatic hydroxyl groups excluding tert-OH is 2. The molecule has 1 unspecified atom stereocenters. The number of fused-ring (bicyclic) bond motifs is 3. The summed E-state index contributed by atoms with van der Waals surface area (Å²) in [7, 11) is 1.48. The molecule has 4 atom stereocenters. The van der Waals surface area contributed by atoms with Gasteiger partial charge in [-0.2, -0.15) is 0 Å². The van der Waals surface area contributed by atoms with Gasteiger partial charge >= 0.3 is 0 Å². The van der Waals surface area contributed by atoms with Crippen molar-refractivity contribution in [3.63, 3.8) is 0 Å². The molecule has 0 aromatic heterocycles. The molecule has 0 spiro atoms. The Bertz CT molecular complexity index is 1330. The van der Waals surface area contributed by atoms with Crippen molar-refractivity contribution in [1.29, 1.82) is 0 Å². The minimum absolute atomic E-state index is 0.0105. The lowest BCUT2D eigenvalue weighted by Gasteiger charge is -2.59. The average Bonchev–Trinajstić information content (AvgIpc) is 2.77. The van der Waals surface area contributed by atoms with E-state index in [0.717, 1.165) is 12.5 Å². The molecule has 3 aliphatic carbocycles. The number of benzene rings is 1. The molecule has 4 N–H and O–H groups in total. The van der Waals surface area contributed by atoms with Gasteiger partial charge in [0.05, 0.1) is 12.2 Å². The number of phenolic OH excluding ortho intramolecular Hbond substituents is 1. The van der Waals surface area contributed by atoms with E-state index in [2.05, 4.69) is 0 Å². The summed E-state index contributed by atoms with van der Waals surface area (Å²) < 4.78 is 5.23. The van der Waals surface area contributed by atoms with Crippen LogP contribution in [0.15, 0.2) is 28.7 Å². The number of carbonyl (C=O) groups excluding carboxylic acids is 3. The van der Waals surface area contributed by atoms with Crippen molar-refractivity contribution in [2.45, 2.75) is 79.4 Å². The number of methoxy groups -OCH3 is 1. The van der Waals surface area contributed by atoms with Crippen molar-refractivity contribution in [3.8, 4) is 5.75 Å². The third-order valence-electron chi connectivity index (χ3n) is 9.04. The highest BCUT2D eigenvalue weighted by Crippen LogP contribution is 2.65. The van der Waals surface area contributed by atoms with Crippen LogP contribution in [0.4, 0.5) is 0 Å². The number of allylic oxidation sites excluding steroid dienone is 2. The summed E-state index contributed by atoms with van der Waals surface area (Å²) in [6.07, 6.45) is 0.333. The quantitative estimate of drug-likeness (QED) is 0.408. The third-order valence-corrected chi connectivity index (χ3v) is 9.04. The maximum atomic E-state index is 14.2. The first kappa shape index (κ1) is 28.0. The molecule has 0 heterocycles. The Balaban J connectivity index is 2.09. The summed E-state index contributed by atoms with van der Waals surface area (Å²) in [5.74, 6) is -5.13. The topological polar surface area (TPSA) is 141 Å². The van der Waals surface area contributed by atoms with Gasteiger partial charge in [0.15, 0.2) is 17.2 Å². The second-order valence-electron chi connectivity index (χ2n) is 12.4. The molecule has 0 radical (unpaired) electrons. The Morgan fingerprint density at radius 1 is 1.13 bits per heavy atom. The van der Waals surface area contributed by atoms with Crippen molar-refractivity contribution < 1.29 is 39.5 Å². The van der Waals surface area contributed by atoms with Gasteiger partial charge in [0.25, 0.3) is 0 Å². The molecule has 3 aliphatic rings. The standard InChI is InChI=1S/C30H38O8/c1-13(2)17-9-16(11-38-8)23(32)20-18(17)10-28(6)12-29(7)21(14(3)4)24(33)19(15(5)31)26(35)30(29,37)27(36)22(28)25(20)34/h9,13-14,21,32-33,36-37H,10-12H2,1-8H3/t21?,28-,29-,30+/m1/s1. The first-order chi connectivity index (χ1) is 17.5. The Morgan fingerprint density at radius 3 is 2.24 bits per heavy atom. The molecule has 1 aromatic carbocycles. The fraction of sp³-hybridized carbons (Fsp3) is 0.567. The second-order valence-corrected chi connectivity index (χ2v) is 12.4. The summed E-state index contributed by atoms with van der Waals surface area (Å²) in [5, 5.41) is 46.2. The normalized spacial score (nSPS) is 31.1. The average molecular weight is 527 g/mol. The smallest absolute Gasteiger partial charge is 0.209 e. The van der Waals surface area contributed by atoms with Gasteiger partial charge in [-0.3, -0.25) is 14.4 Å². The van der Waals surface area contributed by atoms with Gasteiger partial charge in [-0.25, -0.2) is 0 Å². The minimum atomic E-state index is -2.61. The number of hydrogen-bond donors (Lipinski definition) is 4. The van der Waals surface area contributed by atoms with E-state index in [1.807, 2.05) is 33.8 Å². The van der Waals surface area contributed by atoms with Gasteiger partial charge in [-0.15, -0.1) is 0 Å². The molecule has 8 nitrogen and oxygen atoms in total. The van der Waals surface area contributed by atoms with E-state index >= 15 is 0 Å². The molecule has 0 saturated carbocycles. The number of ketones is 3. The molecule has 4 rings (SSSR count). The van der Waals surface area contributed by atoms with Crippen LogP contribution >= 0.6 is 0 Å². The first-order valence-electron chi connectivity index (χ1n) is 13.1. The molecule has 0 saturated heterocycles. The minimum Gasteiger partial charge on any atom is -0.511 e. The van der Waals surface area contributed by atoms with Gasteiger partial charge in [-0.05, 0) is 48.8 Å². The van der Waals surface area contributed by atoms with Gasteiger partial charge < -0.3 is 25.2 Å². The van der Waals surface area contributed by atoms with Crippen molar-refractivity contribution >= 4 is 17.3 Å². The fourth-order valence-corrected chi connectivity index (χ4v) is 7.67. The molecule has 0 bridgehead atoms. The number of carbonyl (C=O) groups is 3. The number of hydrogen-bond acceptors (Lipinski definition) is 8. The van der Waals surface area contributed by atoms with Gasteiger partial charge in [-0.1, -0.05) is 41.5 Å². The predicted molar refractivity (Wildman–Crippen MR) is 140 cm³/mol. The summed E-state index contributed by atoms with van der Waals surface area (Å²) in [6.45, 7) is 12.2. The lowest BCUT2D eigenvalue weighted by molar-refractivity contribution is -0.171. The molecule has 0 amide bonds. The number of ether oxygens (including phenoxy) is 1. The van der Waals surface area contributed by atoms with Crippen LogP contribution in [0.1, 0.15) is 87.9 Å². The predicted octanol–water partition coefficient (Wildman–Crippen LogP) is 4.62. The first-order valence-corrected chi connectivity index (χ1v) is 13.1. The zero-order valence-electron chi connectivity index (χ0n) is 23.4. The summed E-state index contributed by atoms with van der Waals surface area (Å²) >= 11 is 0. The highest BCUT2D eigenvalue weighted by Gasteiger charge is 2.71. The van der Waals surface area contributed by atoms with Crippen molar-refractivity contribution in [1.82, 2.24) is 0 Å². The van der Waals surface area contributed by atoms with E-state index in [0.29, 0.717) is 11.1 Å². The maximum absolute atomic E-state index is 14.2. The Hall–Kier alpha value is -2.97. The molecule has 38 heavy (non-hydrogen) atoms. The molecular formula is C30H38O8. The summed E-state index contributed by atoms with van der Waals surface area (Å²) in [5.41, 5.74) is -3.81. The highest BCUT2D eigenvalue weighted by molar-refractivity contribution is 6.25.